The summed E-state index contributed by atoms with van der Waals surface area (Å²) in [6.45, 7) is 0.563. The SMILES string of the molecule is CN=C(NCC(=O)Nc1cccc(F)c1)NCc1ccc(OC)cc1. The number of amides is 1. The van der Waals surface area contributed by atoms with Crippen LogP contribution in [0.5, 0.6) is 5.75 Å². The average molecular weight is 344 g/mol. The summed E-state index contributed by atoms with van der Waals surface area (Å²) in [5.41, 5.74) is 1.46. The highest BCUT2D eigenvalue weighted by atomic mass is 19.1. The molecule has 0 bridgehead atoms. The van der Waals surface area contributed by atoms with Crippen LogP contribution in [0.4, 0.5) is 10.1 Å². The molecule has 6 nitrogen and oxygen atoms in total. The first-order valence-corrected chi connectivity index (χ1v) is 7.73. The zero-order valence-electron chi connectivity index (χ0n) is 14.2. The number of carbonyl (C=O) groups excluding carboxylic acids is 1. The molecule has 0 aliphatic rings. The van der Waals surface area contributed by atoms with E-state index in [4.69, 9.17) is 4.74 Å². The van der Waals surface area contributed by atoms with Gasteiger partial charge in [-0.15, -0.1) is 0 Å². The summed E-state index contributed by atoms with van der Waals surface area (Å²) in [6.07, 6.45) is 0. The van der Waals surface area contributed by atoms with Gasteiger partial charge >= 0.3 is 0 Å². The Kier molecular flexibility index (Phi) is 6.76. The van der Waals surface area contributed by atoms with Gasteiger partial charge in [-0.25, -0.2) is 4.39 Å². The summed E-state index contributed by atoms with van der Waals surface area (Å²) in [5.74, 6) is 0.589. The monoisotopic (exact) mass is 344 g/mol. The minimum absolute atomic E-state index is 0.0127. The number of anilines is 1. The number of nitrogens with one attached hydrogen (secondary N) is 3. The lowest BCUT2D eigenvalue weighted by Crippen LogP contribution is -2.41. The molecule has 0 fully saturated rings. The highest BCUT2D eigenvalue weighted by molar-refractivity contribution is 5.94. The minimum atomic E-state index is -0.400. The first-order chi connectivity index (χ1) is 12.1. The van der Waals surface area contributed by atoms with Gasteiger partial charge in [-0.3, -0.25) is 9.79 Å². The second-order valence-electron chi connectivity index (χ2n) is 5.19. The Morgan fingerprint density at radius 1 is 1.16 bits per heavy atom. The van der Waals surface area contributed by atoms with Crippen molar-refractivity contribution in [2.45, 2.75) is 6.54 Å². The lowest BCUT2D eigenvalue weighted by Gasteiger charge is -2.12. The van der Waals surface area contributed by atoms with Crippen molar-refractivity contribution in [1.29, 1.82) is 0 Å². The molecule has 0 aliphatic heterocycles. The van der Waals surface area contributed by atoms with E-state index in [1.54, 1.807) is 20.2 Å². The average Bonchev–Trinajstić information content (AvgIpc) is 2.62. The number of halogens is 1. The van der Waals surface area contributed by atoms with Crippen LogP contribution in [0.25, 0.3) is 0 Å². The van der Waals surface area contributed by atoms with Gasteiger partial charge in [0.25, 0.3) is 0 Å². The van der Waals surface area contributed by atoms with Crippen molar-refractivity contribution in [2.24, 2.45) is 4.99 Å². The second-order valence-corrected chi connectivity index (χ2v) is 5.19. The van der Waals surface area contributed by atoms with Crippen LogP contribution in [0, 0.1) is 5.82 Å². The van der Waals surface area contributed by atoms with Gasteiger partial charge < -0.3 is 20.7 Å². The van der Waals surface area contributed by atoms with Crippen molar-refractivity contribution in [2.75, 3.05) is 26.0 Å². The van der Waals surface area contributed by atoms with Crippen molar-refractivity contribution in [3.63, 3.8) is 0 Å². The smallest absolute Gasteiger partial charge is 0.243 e. The van der Waals surface area contributed by atoms with Gasteiger partial charge in [-0.1, -0.05) is 18.2 Å². The fraction of sp³-hybridized carbons (Fsp3) is 0.222. The Balaban J connectivity index is 1.78. The highest BCUT2D eigenvalue weighted by Gasteiger charge is 2.05. The number of carbonyl (C=O) groups is 1. The number of benzene rings is 2. The first-order valence-electron chi connectivity index (χ1n) is 7.73. The summed E-state index contributed by atoms with van der Waals surface area (Å²) in [6, 6.07) is 13.4. The lowest BCUT2D eigenvalue weighted by molar-refractivity contribution is -0.115. The minimum Gasteiger partial charge on any atom is -0.497 e. The summed E-state index contributed by atoms with van der Waals surface area (Å²) in [5, 5.41) is 8.63. The Hall–Kier alpha value is -3.09. The third-order valence-corrected chi connectivity index (χ3v) is 3.37. The van der Waals surface area contributed by atoms with Crippen molar-refractivity contribution < 1.29 is 13.9 Å². The van der Waals surface area contributed by atoms with E-state index in [1.165, 1.54) is 18.2 Å². The number of ether oxygens (including phenoxy) is 1. The van der Waals surface area contributed by atoms with Gasteiger partial charge in [-0.2, -0.15) is 0 Å². The number of hydrogen-bond acceptors (Lipinski definition) is 3. The highest BCUT2D eigenvalue weighted by Crippen LogP contribution is 2.11. The van der Waals surface area contributed by atoms with E-state index in [0.717, 1.165) is 11.3 Å². The molecule has 0 spiro atoms. The van der Waals surface area contributed by atoms with Gasteiger partial charge in [0.2, 0.25) is 5.91 Å². The van der Waals surface area contributed by atoms with Gasteiger partial charge in [-0.05, 0) is 35.9 Å². The molecule has 2 rings (SSSR count). The molecule has 2 aromatic carbocycles. The van der Waals surface area contributed by atoms with E-state index in [1.807, 2.05) is 24.3 Å². The predicted molar refractivity (Wildman–Crippen MR) is 96.2 cm³/mol. The molecule has 0 atom stereocenters. The molecule has 0 aliphatic carbocycles. The zero-order chi connectivity index (χ0) is 18.1. The van der Waals surface area contributed by atoms with E-state index >= 15 is 0 Å². The van der Waals surface area contributed by atoms with Crippen molar-refractivity contribution >= 4 is 17.6 Å². The van der Waals surface area contributed by atoms with E-state index in [-0.39, 0.29) is 12.5 Å². The van der Waals surface area contributed by atoms with Crippen LogP contribution in [0.2, 0.25) is 0 Å². The van der Waals surface area contributed by atoms with Crippen LogP contribution >= 0.6 is 0 Å². The van der Waals surface area contributed by atoms with E-state index in [2.05, 4.69) is 20.9 Å². The molecule has 2 aromatic rings. The number of guanidine groups is 1. The summed E-state index contributed by atoms with van der Waals surface area (Å²) >= 11 is 0. The van der Waals surface area contributed by atoms with E-state index in [9.17, 15) is 9.18 Å². The Morgan fingerprint density at radius 3 is 2.56 bits per heavy atom. The van der Waals surface area contributed by atoms with Crippen LogP contribution in [0.15, 0.2) is 53.5 Å². The quantitative estimate of drug-likeness (QED) is 0.554. The second kappa shape index (κ2) is 9.27. The Morgan fingerprint density at radius 2 is 1.92 bits per heavy atom. The van der Waals surface area contributed by atoms with Crippen molar-refractivity contribution in [3.8, 4) is 5.75 Å². The molecule has 132 valence electrons. The van der Waals surface area contributed by atoms with Crippen LogP contribution < -0.4 is 20.7 Å². The standard InChI is InChI=1S/C18H21FN4O2/c1-20-18(21-11-13-6-8-16(25-2)9-7-13)22-12-17(24)23-15-5-3-4-14(19)10-15/h3-10H,11-12H2,1-2H3,(H,23,24)(H2,20,21,22). The molecule has 1 amide bonds. The topological polar surface area (TPSA) is 74.8 Å². The van der Waals surface area contributed by atoms with Crippen LogP contribution in [0.1, 0.15) is 5.56 Å². The van der Waals surface area contributed by atoms with Crippen LogP contribution in [0.3, 0.4) is 0 Å². The van der Waals surface area contributed by atoms with E-state index < -0.39 is 5.82 Å². The number of rotatable bonds is 6. The third-order valence-electron chi connectivity index (χ3n) is 3.37. The maximum atomic E-state index is 13.1. The molecular weight excluding hydrogens is 323 g/mol. The van der Waals surface area contributed by atoms with Crippen LogP contribution in [-0.4, -0.2) is 32.6 Å². The van der Waals surface area contributed by atoms with Gasteiger partial charge in [0.05, 0.1) is 13.7 Å². The Bertz CT molecular complexity index is 732. The molecule has 0 saturated carbocycles. The largest absolute Gasteiger partial charge is 0.497 e. The summed E-state index contributed by atoms with van der Waals surface area (Å²) in [7, 11) is 3.24. The molecule has 0 saturated heterocycles. The summed E-state index contributed by atoms with van der Waals surface area (Å²) < 4.78 is 18.2. The predicted octanol–water partition coefficient (Wildman–Crippen LogP) is 2.14. The Labute approximate surface area is 146 Å². The molecule has 0 aromatic heterocycles. The summed E-state index contributed by atoms with van der Waals surface area (Å²) in [4.78, 5) is 16.0. The van der Waals surface area contributed by atoms with E-state index in [0.29, 0.717) is 18.2 Å². The maximum absolute atomic E-state index is 13.1. The van der Waals surface area contributed by atoms with Gasteiger partial charge in [0.1, 0.15) is 11.6 Å². The number of aliphatic imine (C=N–C) groups is 1. The number of methoxy groups -OCH3 is 1. The lowest BCUT2D eigenvalue weighted by atomic mass is 10.2. The molecule has 7 heteroatoms. The normalized spacial score (nSPS) is 10.9. The molecule has 0 unspecified atom stereocenters. The van der Waals surface area contributed by atoms with Crippen LogP contribution in [-0.2, 0) is 11.3 Å². The van der Waals surface area contributed by atoms with Gasteiger partial charge in [0, 0.05) is 19.3 Å². The number of nitrogens with zero attached hydrogens (tertiary/aromatic N) is 1. The number of hydrogen-bond donors (Lipinski definition) is 3. The molecule has 25 heavy (non-hydrogen) atoms. The fourth-order valence-electron chi connectivity index (χ4n) is 2.09. The molecule has 3 N–H and O–H groups in total. The van der Waals surface area contributed by atoms with Crippen molar-refractivity contribution in [1.82, 2.24) is 10.6 Å². The maximum Gasteiger partial charge on any atom is 0.243 e. The first kappa shape index (κ1) is 18.3. The van der Waals surface area contributed by atoms with Gasteiger partial charge in [0.15, 0.2) is 5.96 Å². The molecule has 0 heterocycles. The molecular formula is C18H21FN4O2. The fourth-order valence-corrected chi connectivity index (χ4v) is 2.09. The van der Waals surface area contributed by atoms with Crippen molar-refractivity contribution in [3.05, 3.63) is 59.9 Å². The zero-order valence-corrected chi connectivity index (χ0v) is 14.2. The third kappa shape index (κ3) is 6.14. The molecule has 0 radical (unpaired) electrons.